The van der Waals surface area contributed by atoms with E-state index < -0.39 is 17.2 Å². The van der Waals surface area contributed by atoms with Gasteiger partial charge in [0, 0.05) is 37.6 Å². The first-order valence-corrected chi connectivity index (χ1v) is 9.46. The van der Waals surface area contributed by atoms with Crippen LogP contribution in [0.4, 0.5) is 4.79 Å². The molecule has 2 aliphatic rings. The van der Waals surface area contributed by atoms with Gasteiger partial charge in [-0.3, -0.25) is 4.99 Å². The topological polar surface area (TPSA) is 84.0 Å². The van der Waals surface area contributed by atoms with E-state index in [-0.39, 0.29) is 29.4 Å². The fraction of sp³-hybridized carbons (Fsp3) is 0.895. The summed E-state index contributed by atoms with van der Waals surface area (Å²) >= 11 is 0. The summed E-state index contributed by atoms with van der Waals surface area (Å²) < 4.78 is 11.2. The lowest BCUT2D eigenvalue weighted by molar-refractivity contribution is -0.106. The molecule has 1 saturated heterocycles. The summed E-state index contributed by atoms with van der Waals surface area (Å²) in [5.41, 5.74) is -0.905. The van der Waals surface area contributed by atoms with Crippen molar-refractivity contribution in [3.8, 4) is 0 Å². The van der Waals surface area contributed by atoms with Crippen LogP contribution in [0.15, 0.2) is 4.99 Å². The van der Waals surface area contributed by atoms with Gasteiger partial charge in [-0.25, -0.2) is 4.79 Å². The number of guanidine groups is 1. The van der Waals surface area contributed by atoms with Gasteiger partial charge >= 0.3 is 6.09 Å². The number of fused-ring (bicyclic) bond motifs is 1. The molecule has 2 fully saturated rings. The molecule has 0 spiro atoms. The predicted octanol–water partition coefficient (Wildman–Crippen LogP) is 2.89. The molecule has 0 bridgehead atoms. The van der Waals surface area contributed by atoms with Crippen molar-refractivity contribution < 1.29 is 14.3 Å². The molecule has 2 rings (SSSR count). The van der Waals surface area contributed by atoms with Crippen LogP contribution in [0, 0.1) is 11.3 Å². The summed E-state index contributed by atoms with van der Waals surface area (Å²) in [5, 5.41) is 9.77. The number of nitrogens with zero attached hydrogens (tertiary/aromatic N) is 1. The zero-order valence-corrected chi connectivity index (χ0v) is 20.3. The normalized spacial score (nSPS) is 27.0. The summed E-state index contributed by atoms with van der Waals surface area (Å²) in [4.78, 5) is 16.4. The monoisotopic (exact) mass is 496 g/mol. The number of hydrogen-bond acceptors (Lipinski definition) is 4. The van der Waals surface area contributed by atoms with Crippen molar-refractivity contribution in [3.63, 3.8) is 0 Å². The van der Waals surface area contributed by atoms with E-state index in [4.69, 9.17) is 9.47 Å². The molecule has 1 saturated carbocycles. The molecular formula is C19H37IN4O3. The fourth-order valence-corrected chi connectivity index (χ4v) is 3.89. The third-order valence-electron chi connectivity index (χ3n) is 5.15. The third kappa shape index (κ3) is 6.10. The summed E-state index contributed by atoms with van der Waals surface area (Å²) in [7, 11) is 1.76. The van der Waals surface area contributed by atoms with Crippen LogP contribution in [0.1, 0.15) is 54.9 Å². The van der Waals surface area contributed by atoms with Gasteiger partial charge in [0.2, 0.25) is 0 Å². The molecule has 27 heavy (non-hydrogen) atoms. The summed E-state index contributed by atoms with van der Waals surface area (Å²) in [5.74, 6) is 1.28. The van der Waals surface area contributed by atoms with Crippen molar-refractivity contribution in [1.29, 1.82) is 0 Å². The fourth-order valence-electron chi connectivity index (χ4n) is 3.89. The average Bonchev–Trinajstić information content (AvgIpc) is 2.91. The van der Waals surface area contributed by atoms with E-state index in [2.05, 4.69) is 34.8 Å². The number of hydrogen-bond donors (Lipinski definition) is 3. The Kier molecular flexibility index (Phi) is 7.83. The largest absolute Gasteiger partial charge is 0.444 e. The molecule has 0 aromatic rings. The number of ether oxygens (including phenoxy) is 2. The summed E-state index contributed by atoms with van der Waals surface area (Å²) in [6, 6.07) is 0.336. The lowest BCUT2D eigenvalue weighted by Crippen LogP contribution is -2.68. The van der Waals surface area contributed by atoms with Crippen molar-refractivity contribution in [2.75, 3.05) is 20.2 Å². The molecule has 1 amide bonds. The Labute approximate surface area is 180 Å². The van der Waals surface area contributed by atoms with E-state index in [1.165, 1.54) is 0 Å². The van der Waals surface area contributed by atoms with Crippen LogP contribution in [-0.4, -0.2) is 55.5 Å². The molecule has 0 aromatic heterocycles. The molecule has 3 atom stereocenters. The highest BCUT2D eigenvalue weighted by molar-refractivity contribution is 14.0. The Hall–Kier alpha value is -0.770. The predicted molar refractivity (Wildman–Crippen MR) is 119 cm³/mol. The molecule has 1 aliphatic heterocycles. The molecule has 1 heterocycles. The molecule has 0 radical (unpaired) electrons. The maximum Gasteiger partial charge on any atom is 0.408 e. The molecule has 3 unspecified atom stereocenters. The van der Waals surface area contributed by atoms with E-state index in [1.807, 2.05) is 34.6 Å². The number of nitrogens with one attached hydrogen (secondary N) is 3. The Balaban J connectivity index is 0.00000364. The smallest absolute Gasteiger partial charge is 0.408 e. The maximum absolute atomic E-state index is 12.0. The quantitative estimate of drug-likeness (QED) is 0.317. The lowest BCUT2D eigenvalue weighted by atomic mass is 9.57. The molecule has 8 heteroatoms. The van der Waals surface area contributed by atoms with E-state index in [1.54, 1.807) is 7.05 Å². The number of carbonyl (C=O) groups is 1. The second-order valence-electron chi connectivity index (χ2n) is 9.62. The van der Waals surface area contributed by atoms with Gasteiger partial charge in [-0.1, -0.05) is 13.8 Å². The van der Waals surface area contributed by atoms with Crippen LogP contribution in [0.2, 0.25) is 0 Å². The van der Waals surface area contributed by atoms with Crippen LogP contribution in [0.5, 0.6) is 0 Å². The van der Waals surface area contributed by atoms with Crippen molar-refractivity contribution in [2.45, 2.75) is 78.2 Å². The number of halogens is 1. The first-order chi connectivity index (χ1) is 11.9. The molecule has 3 N–H and O–H groups in total. The second kappa shape index (κ2) is 8.71. The number of amides is 1. The Morgan fingerprint density at radius 3 is 2.44 bits per heavy atom. The van der Waals surface area contributed by atoms with Gasteiger partial charge in [0.15, 0.2) is 5.96 Å². The summed E-state index contributed by atoms with van der Waals surface area (Å²) in [6.45, 7) is 15.3. The first-order valence-electron chi connectivity index (χ1n) is 9.46. The van der Waals surface area contributed by atoms with Crippen LogP contribution in [0.3, 0.4) is 0 Å². The molecule has 158 valence electrons. The highest BCUT2D eigenvalue weighted by Gasteiger charge is 2.59. The van der Waals surface area contributed by atoms with Crippen LogP contribution in [-0.2, 0) is 9.47 Å². The number of alkyl carbamates (subject to hydrolysis) is 1. The lowest BCUT2D eigenvalue weighted by Gasteiger charge is -2.55. The van der Waals surface area contributed by atoms with Gasteiger partial charge in [0.05, 0.1) is 11.6 Å². The highest BCUT2D eigenvalue weighted by Crippen LogP contribution is 2.52. The van der Waals surface area contributed by atoms with E-state index >= 15 is 0 Å². The third-order valence-corrected chi connectivity index (χ3v) is 5.15. The Morgan fingerprint density at radius 2 is 1.89 bits per heavy atom. The highest BCUT2D eigenvalue weighted by atomic mass is 127. The Bertz CT molecular complexity index is 558. The van der Waals surface area contributed by atoms with Gasteiger partial charge in [-0.15, -0.1) is 24.0 Å². The van der Waals surface area contributed by atoms with Crippen LogP contribution in [0.25, 0.3) is 0 Å². The van der Waals surface area contributed by atoms with E-state index in [9.17, 15) is 4.79 Å². The minimum atomic E-state index is -0.513. The zero-order valence-electron chi connectivity index (χ0n) is 17.9. The minimum absolute atomic E-state index is 0. The van der Waals surface area contributed by atoms with Gasteiger partial charge in [-0.2, -0.15) is 0 Å². The van der Waals surface area contributed by atoms with Gasteiger partial charge in [0.1, 0.15) is 5.60 Å². The Morgan fingerprint density at radius 1 is 1.26 bits per heavy atom. The van der Waals surface area contributed by atoms with Gasteiger partial charge in [-0.05, 0) is 41.0 Å². The molecule has 7 nitrogen and oxygen atoms in total. The molecule has 0 aromatic carbocycles. The van der Waals surface area contributed by atoms with E-state index in [0.29, 0.717) is 24.6 Å². The van der Waals surface area contributed by atoms with Gasteiger partial charge in [0.25, 0.3) is 0 Å². The number of rotatable bonds is 4. The SMILES string of the molecule is CN=C(NCC(C)(C)NC(=O)OC(C)(C)C)NC1C2CCOC2C1(C)C.I. The number of aliphatic imine (C=N–C) groups is 1. The van der Waals surface area contributed by atoms with Crippen molar-refractivity contribution >= 4 is 36.0 Å². The van der Waals surface area contributed by atoms with Crippen molar-refractivity contribution in [3.05, 3.63) is 0 Å². The van der Waals surface area contributed by atoms with Gasteiger partial charge < -0.3 is 25.4 Å². The zero-order chi connectivity index (χ0) is 19.8. The maximum atomic E-state index is 12.0. The molecule has 1 aliphatic carbocycles. The standard InChI is InChI=1S/C19H36N4O3.HI/c1-17(2,3)26-16(24)23-18(4,5)11-21-15(20-8)22-13-12-9-10-25-14(12)19(13,6)7;/h12-14H,9-11H2,1-8H3,(H,23,24)(H2,20,21,22);1H. The van der Waals surface area contributed by atoms with Crippen LogP contribution >= 0.6 is 24.0 Å². The van der Waals surface area contributed by atoms with Crippen LogP contribution < -0.4 is 16.0 Å². The minimum Gasteiger partial charge on any atom is -0.444 e. The molecular weight excluding hydrogens is 459 g/mol. The first kappa shape index (κ1) is 24.3. The van der Waals surface area contributed by atoms with Crippen molar-refractivity contribution in [1.82, 2.24) is 16.0 Å². The number of carbonyl (C=O) groups excluding carboxylic acids is 1. The summed E-state index contributed by atoms with van der Waals surface area (Å²) in [6.07, 6.45) is 1.01. The second-order valence-corrected chi connectivity index (χ2v) is 9.62. The van der Waals surface area contributed by atoms with Crippen molar-refractivity contribution in [2.24, 2.45) is 16.3 Å². The van der Waals surface area contributed by atoms with E-state index in [0.717, 1.165) is 19.0 Å². The average molecular weight is 496 g/mol.